The molecule has 2 aromatic carbocycles. The first-order valence-electron chi connectivity index (χ1n) is 6.86. The summed E-state index contributed by atoms with van der Waals surface area (Å²) in [5.74, 6) is 0.593. The van der Waals surface area contributed by atoms with Crippen molar-refractivity contribution in [3.63, 3.8) is 0 Å². The van der Waals surface area contributed by atoms with Crippen LogP contribution in [0.15, 0.2) is 53.0 Å². The molecule has 0 saturated heterocycles. The zero-order chi connectivity index (χ0) is 13.2. The zero-order valence-electron chi connectivity index (χ0n) is 11.1. The van der Waals surface area contributed by atoms with E-state index >= 15 is 0 Å². The van der Waals surface area contributed by atoms with E-state index in [9.17, 15) is 0 Å². The van der Waals surface area contributed by atoms with Crippen molar-refractivity contribution in [2.75, 3.05) is 0 Å². The van der Waals surface area contributed by atoms with Crippen molar-refractivity contribution in [2.24, 2.45) is 0 Å². The summed E-state index contributed by atoms with van der Waals surface area (Å²) < 4.78 is 1.18. The summed E-state index contributed by atoms with van der Waals surface area (Å²) in [5.41, 5.74) is 5.41. The Morgan fingerprint density at radius 2 is 1.89 bits per heavy atom. The molecule has 0 amide bonds. The maximum Gasteiger partial charge on any atom is 0.0259 e. The maximum atomic E-state index is 3.71. The summed E-state index contributed by atoms with van der Waals surface area (Å²) in [6, 6.07) is 15.2. The van der Waals surface area contributed by atoms with Gasteiger partial charge in [0.25, 0.3) is 0 Å². The van der Waals surface area contributed by atoms with E-state index in [1.807, 2.05) is 0 Å². The fourth-order valence-electron chi connectivity index (χ4n) is 2.80. The van der Waals surface area contributed by atoms with Gasteiger partial charge in [-0.25, -0.2) is 0 Å². The number of benzene rings is 2. The number of rotatable bonds is 3. The number of fused-ring (bicyclic) bond motifs is 1. The van der Waals surface area contributed by atoms with Crippen molar-refractivity contribution in [1.29, 1.82) is 0 Å². The van der Waals surface area contributed by atoms with E-state index in [0.29, 0.717) is 5.92 Å². The van der Waals surface area contributed by atoms with Crippen LogP contribution in [0.3, 0.4) is 0 Å². The highest BCUT2D eigenvalue weighted by Gasteiger charge is 2.18. The third-order valence-corrected chi connectivity index (χ3v) is 4.42. The van der Waals surface area contributed by atoms with E-state index in [1.54, 1.807) is 0 Å². The highest BCUT2D eigenvalue weighted by atomic mass is 79.9. The molecule has 0 N–H and O–H groups in total. The first kappa shape index (κ1) is 12.7. The van der Waals surface area contributed by atoms with E-state index in [1.165, 1.54) is 39.6 Å². The van der Waals surface area contributed by atoms with Crippen LogP contribution in [0.4, 0.5) is 0 Å². The molecular weight excluding hydrogens is 296 g/mol. The topological polar surface area (TPSA) is 0 Å². The van der Waals surface area contributed by atoms with E-state index < -0.39 is 0 Å². The Balaban J connectivity index is 2.07. The molecule has 1 atom stereocenters. The number of halogens is 1. The van der Waals surface area contributed by atoms with Crippen molar-refractivity contribution < 1.29 is 0 Å². The van der Waals surface area contributed by atoms with Gasteiger partial charge < -0.3 is 0 Å². The van der Waals surface area contributed by atoms with Gasteiger partial charge in [-0.2, -0.15) is 0 Å². The molecule has 2 aromatic rings. The first-order chi connectivity index (χ1) is 9.29. The molecule has 0 aliphatic heterocycles. The Labute approximate surface area is 123 Å². The van der Waals surface area contributed by atoms with Crippen LogP contribution in [-0.2, 0) is 0 Å². The monoisotopic (exact) mass is 312 g/mol. The predicted molar refractivity (Wildman–Crippen MR) is 86.3 cm³/mol. The summed E-state index contributed by atoms with van der Waals surface area (Å²) in [7, 11) is 0. The van der Waals surface area contributed by atoms with Crippen molar-refractivity contribution in [3.05, 3.63) is 64.1 Å². The smallest absolute Gasteiger partial charge is 0.0259 e. The average molecular weight is 313 g/mol. The molecule has 0 fully saturated rings. The van der Waals surface area contributed by atoms with Crippen molar-refractivity contribution in [2.45, 2.75) is 25.7 Å². The molecule has 0 heterocycles. The Morgan fingerprint density at radius 1 is 1.11 bits per heavy atom. The summed E-state index contributed by atoms with van der Waals surface area (Å²) in [5, 5.41) is 0. The van der Waals surface area contributed by atoms with Crippen molar-refractivity contribution in [1.82, 2.24) is 0 Å². The number of hydrogen-bond donors (Lipinski definition) is 0. The van der Waals surface area contributed by atoms with Gasteiger partial charge in [0.05, 0.1) is 0 Å². The van der Waals surface area contributed by atoms with Crippen LogP contribution < -0.4 is 0 Å². The molecule has 0 nitrogen and oxygen atoms in total. The van der Waals surface area contributed by atoms with Crippen LogP contribution >= 0.6 is 15.9 Å². The summed E-state index contributed by atoms with van der Waals surface area (Å²) in [6.45, 7) is 2.25. The van der Waals surface area contributed by atoms with Gasteiger partial charge >= 0.3 is 0 Å². The number of allylic oxidation sites excluding steroid dienone is 1. The molecule has 1 unspecified atom stereocenters. The second-order valence-electron chi connectivity index (χ2n) is 5.08. The van der Waals surface area contributed by atoms with Gasteiger partial charge in [0.1, 0.15) is 0 Å². The normalized spacial score (nSPS) is 16.6. The maximum absolute atomic E-state index is 3.71. The average Bonchev–Trinajstić information content (AvgIpc) is 2.81. The Morgan fingerprint density at radius 3 is 2.63 bits per heavy atom. The van der Waals surface area contributed by atoms with Crippen LogP contribution in [-0.4, -0.2) is 0 Å². The lowest BCUT2D eigenvalue weighted by Crippen LogP contribution is -1.94. The molecule has 1 aliphatic rings. The van der Waals surface area contributed by atoms with E-state index in [-0.39, 0.29) is 0 Å². The third-order valence-electron chi connectivity index (χ3n) is 3.76. The Hall–Kier alpha value is -1.34. The second-order valence-corrected chi connectivity index (χ2v) is 5.94. The van der Waals surface area contributed by atoms with Gasteiger partial charge in [0.2, 0.25) is 0 Å². The zero-order valence-corrected chi connectivity index (χ0v) is 12.7. The molecule has 19 heavy (non-hydrogen) atoms. The largest absolute Gasteiger partial charge is 0.0764 e. The predicted octanol–water partition coefficient (Wildman–Crippen LogP) is 6.03. The summed E-state index contributed by atoms with van der Waals surface area (Å²) in [6.07, 6.45) is 7.06. The van der Waals surface area contributed by atoms with E-state index in [2.05, 4.69) is 77.5 Å². The van der Waals surface area contributed by atoms with E-state index in [0.717, 1.165) is 0 Å². The van der Waals surface area contributed by atoms with Gasteiger partial charge in [-0.3, -0.25) is 0 Å². The second kappa shape index (κ2) is 5.34. The molecule has 3 rings (SSSR count). The van der Waals surface area contributed by atoms with Gasteiger partial charge in [-0.05, 0) is 40.8 Å². The first-order valence-corrected chi connectivity index (χ1v) is 7.66. The molecule has 96 valence electrons. The molecular formula is C18H17Br. The molecule has 0 aromatic heterocycles. The highest BCUT2D eigenvalue weighted by Crippen LogP contribution is 2.39. The van der Waals surface area contributed by atoms with Gasteiger partial charge in [-0.15, -0.1) is 0 Å². The van der Waals surface area contributed by atoms with Gasteiger partial charge in [-0.1, -0.05) is 71.8 Å². The van der Waals surface area contributed by atoms with Gasteiger partial charge in [0.15, 0.2) is 0 Å². The van der Waals surface area contributed by atoms with Crippen LogP contribution in [0, 0.1) is 0 Å². The highest BCUT2D eigenvalue weighted by molar-refractivity contribution is 9.10. The van der Waals surface area contributed by atoms with Crippen LogP contribution in [0.25, 0.3) is 17.2 Å². The Bertz CT molecular complexity index is 611. The lowest BCUT2D eigenvalue weighted by molar-refractivity contribution is 0.726. The minimum Gasteiger partial charge on any atom is -0.0764 e. The molecule has 0 spiro atoms. The molecule has 0 bridgehead atoms. The minimum atomic E-state index is 0.593. The van der Waals surface area contributed by atoms with Crippen LogP contribution in [0.2, 0.25) is 0 Å². The summed E-state index contributed by atoms with van der Waals surface area (Å²) >= 11 is 3.71. The Kier molecular flexibility index (Phi) is 3.56. The summed E-state index contributed by atoms with van der Waals surface area (Å²) in [4.78, 5) is 0. The molecule has 1 aliphatic carbocycles. The third kappa shape index (κ3) is 2.40. The minimum absolute atomic E-state index is 0.593. The van der Waals surface area contributed by atoms with Crippen LogP contribution in [0.5, 0.6) is 0 Å². The van der Waals surface area contributed by atoms with Gasteiger partial charge in [0, 0.05) is 10.4 Å². The fraction of sp³-hybridized carbons (Fsp3) is 0.222. The molecule has 1 heteroatoms. The van der Waals surface area contributed by atoms with E-state index in [4.69, 9.17) is 0 Å². The molecule has 0 saturated carbocycles. The molecule has 0 radical (unpaired) electrons. The van der Waals surface area contributed by atoms with Crippen molar-refractivity contribution >= 4 is 22.0 Å². The lowest BCUT2D eigenvalue weighted by Gasteiger charge is -2.13. The number of hydrogen-bond acceptors (Lipinski definition) is 0. The fourth-order valence-corrected chi connectivity index (χ4v) is 3.39. The lowest BCUT2D eigenvalue weighted by atomic mass is 9.93. The van der Waals surface area contributed by atoms with Crippen LogP contribution in [0.1, 0.15) is 36.8 Å². The quantitative estimate of drug-likeness (QED) is 0.649. The standard InChI is InChI=1S/C18H17Br/c1-2-6-13-9-10-15-11-18(19)17(12-16(13)15)14-7-4-3-5-8-14/h3-5,7-13H,2,6H2,1H3. The SMILES string of the molecule is CCCC1C=Cc2cc(Br)c(-c3ccccc3)cc21. The van der Waals surface area contributed by atoms with Crippen molar-refractivity contribution in [3.8, 4) is 11.1 Å².